The summed E-state index contributed by atoms with van der Waals surface area (Å²) >= 11 is 14.3. The van der Waals surface area contributed by atoms with Crippen molar-refractivity contribution in [1.29, 1.82) is 0 Å². The van der Waals surface area contributed by atoms with Gasteiger partial charge in [-0.1, -0.05) is 90.0 Å². The van der Waals surface area contributed by atoms with Crippen LogP contribution in [-0.2, 0) is 0 Å². The third kappa shape index (κ3) is 2.55. The Kier molecular flexibility index (Phi) is 3.98. The summed E-state index contributed by atoms with van der Waals surface area (Å²) in [5.74, 6) is 0.392. The van der Waals surface area contributed by atoms with Crippen LogP contribution in [0.2, 0.25) is 10.0 Å². The number of allylic oxidation sites excluding steroid dienone is 1. The predicted octanol–water partition coefficient (Wildman–Crippen LogP) is 11.8. The molecule has 0 nitrogen and oxygen atoms in total. The van der Waals surface area contributed by atoms with Gasteiger partial charge in [0.15, 0.2) is 0 Å². The normalized spacial score (nSPS) is 15.8. The lowest BCUT2D eigenvalue weighted by Crippen LogP contribution is -2.01. The van der Waals surface area contributed by atoms with Gasteiger partial charge >= 0.3 is 0 Å². The molecule has 0 fully saturated rings. The maximum absolute atomic E-state index is 7.13. The van der Waals surface area contributed by atoms with Crippen LogP contribution in [0.25, 0.3) is 82.5 Å². The Morgan fingerprint density at radius 3 is 1.82 bits per heavy atom. The number of benzene rings is 7. The largest absolute Gasteiger partial charge is 0.0836 e. The topological polar surface area (TPSA) is 0 Å². The minimum absolute atomic E-state index is 0.392. The second kappa shape index (κ2) is 7.34. The van der Waals surface area contributed by atoms with Gasteiger partial charge in [0.25, 0.3) is 0 Å². The molecule has 0 aliphatic heterocycles. The van der Waals surface area contributed by atoms with Gasteiger partial charge in [0.2, 0.25) is 0 Å². The van der Waals surface area contributed by atoms with Gasteiger partial charge in [-0.05, 0) is 125 Å². The van der Waals surface area contributed by atoms with E-state index in [1.807, 2.05) is 0 Å². The highest BCUT2D eigenvalue weighted by Gasteiger charge is 2.32. The molecular weight excluding hydrogens is 527 g/mol. The summed E-state index contributed by atoms with van der Waals surface area (Å²) in [7, 11) is 0. The number of rotatable bonds is 0. The first kappa shape index (κ1) is 21.7. The molecule has 3 aliphatic rings. The van der Waals surface area contributed by atoms with Crippen LogP contribution in [0.15, 0.2) is 97.1 Å². The zero-order valence-corrected chi connectivity index (χ0v) is 22.9. The van der Waals surface area contributed by atoms with E-state index in [4.69, 9.17) is 23.2 Å². The Labute approximate surface area is 241 Å². The second-order valence-electron chi connectivity index (χ2n) is 11.4. The molecule has 3 aliphatic carbocycles. The average molecular weight is 547 g/mol. The van der Waals surface area contributed by atoms with E-state index in [-0.39, 0.29) is 0 Å². The highest BCUT2D eigenvalue weighted by atomic mass is 35.5. The first-order valence-corrected chi connectivity index (χ1v) is 14.6. The van der Waals surface area contributed by atoms with Crippen molar-refractivity contribution in [1.82, 2.24) is 0 Å². The summed E-state index contributed by atoms with van der Waals surface area (Å²) in [4.78, 5) is 0. The van der Waals surface area contributed by atoms with E-state index in [0.29, 0.717) is 5.92 Å². The molecule has 7 aromatic rings. The molecule has 0 saturated heterocycles. The molecule has 2 heteroatoms. The fourth-order valence-corrected chi connectivity index (χ4v) is 8.44. The lowest BCUT2D eigenvalue weighted by molar-refractivity contribution is 0.845. The molecule has 0 saturated carbocycles. The van der Waals surface area contributed by atoms with Gasteiger partial charge in [0, 0.05) is 26.7 Å². The van der Waals surface area contributed by atoms with Crippen LogP contribution in [0.5, 0.6) is 0 Å². The molecule has 0 amide bonds. The molecule has 40 heavy (non-hydrogen) atoms. The predicted molar refractivity (Wildman–Crippen MR) is 172 cm³/mol. The van der Waals surface area contributed by atoms with Crippen LogP contribution >= 0.6 is 23.2 Å². The minimum atomic E-state index is 0.392. The molecule has 10 rings (SSSR count). The third-order valence-corrected chi connectivity index (χ3v) is 10.2. The lowest BCUT2D eigenvalue weighted by Gasteiger charge is -2.18. The molecule has 0 N–H and O–H groups in total. The fourth-order valence-electron chi connectivity index (χ4n) is 7.91. The van der Waals surface area contributed by atoms with Crippen LogP contribution < -0.4 is 0 Å². The summed E-state index contributed by atoms with van der Waals surface area (Å²) in [6, 6.07) is 33.5. The van der Waals surface area contributed by atoms with Gasteiger partial charge in [-0.15, -0.1) is 0 Å². The van der Waals surface area contributed by atoms with Crippen molar-refractivity contribution in [2.24, 2.45) is 0 Å². The first-order chi connectivity index (χ1) is 19.7. The monoisotopic (exact) mass is 546 g/mol. The third-order valence-electron chi connectivity index (χ3n) is 9.58. The maximum Gasteiger partial charge on any atom is 0.0491 e. The Hall–Kier alpha value is -4.10. The van der Waals surface area contributed by atoms with E-state index in [1.54, 1.807) is 0 Å². The van der Waals surface area contributed by atoms with E-state index >= 15 is 0 Å². The van der Waals surface area contributed by atoms with E-state index in [9.17, 15) is 0 Å². The number of halogens is 2. The van der Waals surface area contributed by atoms with Gasteiger partial charge < -0.3 is 0 Å². The Bertz CT molecular complexity index is 2370. The molecule has 0 spiro atoms. The summed E-state index contributed by atoms with van der Waals surface area (Å²) in [6.07, 6.45) is 5.62. The van der Waals surface area contributed by atoms with Crippen molar-refractivity contribution >= 4 is 72.4 Å². The van der Waals surface area contributed by atoms with Gasteiger partial charge in [-0.3, -0.25) is 0 Å². The summed E-state index contributed by atoms with van der Waals surface area (Å²) in [6.45, 7) is 0. The molecule has 186 valence electrons. The lowest BCUT2D eigenvalue weighted by atomic mass is 9.85. The van der Waals surface area contributed by atoms with E-state index < -0.39 is 0 Å². The number of hydrogen-bond acceptors (Lipinski definition) is 0. The Morgan fingerprint density at radius 1 is 0.525 bits per heavy atom. The molecule has 0 bridgehead atoms. The smallest absolute Gasteiger partial charge is 0.0491 e. The summed E-state index contributed by atoms with van der Waals surface area (Å²) in [5, 5.41) is 11.0. The SMILES string of the molecule is Clc1cc2c3cc4c(cc3c(Cl)cc2c2cc3c(cc12)-c1cccc2cccc-3c12)-c1cccc2c1C4CC=C2. The van der Waals surface area contributed by atoms with E-state index in [1.165, 1.54) is 66.2 Å². The van der Waals surface area contributed by atoms with Gasteiger partial charge in [0.05, 0.1) is 0 Å². The highest BCUT2D eigenvalue weighted by Crippen LogP contribution is 2.54. The molecule has 1 unspecified atom stereocenters. The first-order valence-electron chi connectivity index (χ1n) is 13.8. The van der Waals surface area contributed by atoms with E-state index in [2.05, 4.69) is 103 Å². The van der Waals surface area contributed by atoms with Crippen LogP contribution in [0, 0.1) is 0 Å². The van der Waals surface area contributed by atoms with Crippen molar-refractivity contribution < 1.29 is 0 Å². The van der Waals surface area contributed by atoms with Crippen LogP contribution in [0.4, 0.5) is 0 Å². The standard InChI is InChI=1S/C38H20Cl2/c39-35-18-32-30-14-26-22-10-2-6-20-8-4-12-24(38(20)22)28(26)16-34(30)36(40)17-31(32)29-13-25-21-9-1-5-19-7-3-11-23(37(19)21)27(25)15-33(29)35/h1-9,11-18,22H,10H2. The van der Waals surface area contributed by atoms with Crippen LogP contribution in [0.3, 0.4) is 0 Å². The summed E-state index contributed by atoms with van der Waals surface area (Å²) < 4.78 is 0. The van der Waals surface area contributed by atoms with Gasteiger partial charge in [0.1, 0.15) is 0 Å². The zero-order valence-electron chi connectivity index (χ0n) is 21.4. The zero-order chi connectivity index (χ0) is 26.3. The second-order valence-corrected chi connectivity index (χ2v) is 12.3. The van der Waals surface area contributed by atoms with Gasteiger partial charge in [-0.25, -0.2) is 0 Å². The maximum atomic E-state index is 7.13. The molecule has 0 heterocycles. The van der Waals surface area contributed by atoms with E-state index in [0.717, 1.165) is 43.4 Å². The molecule has 0 radical (unpaired) electrons. The van der Waals surface area contributed by atoms with Crippen molar-refractivity contribution in [3.63, 3.8) is 0 Å². The minimum Gasteiger partial charge on any atom is -0.0836 e. The van der Waals surface area contributed by atoms with Crippen LogP contribution in [0.1, 0.15) is 29.0 Å². The van der Waals surface area contributed by atoms with Crippen molar-refractivity contribution in [3.05, 3.63) is 124 Å². The average Bonchev–Trinajstić information content (AvgIpc) is 3.48. The number of fused-ring (bicyclic) bond motifs is 11. The van der Waals surface area contributed by atoms with Crippen molar-refractivity contribution in [3.8, 4) is 33.4 Å². The van der Waals surface area contributed by atoms with Crippen molar-refractivity contribution in [2.75, 3.05) is 0 Å². The quantitative estimate of drug-likeness (QED) is 0.166. The molecule has 1 atom stereocenters. The Balaban J connectivity index is 1.30. The van der Waals surface area contributed by atoms with Gasteiger partial charge in [-0.2, -0.15) is 0 Å². The highest BCUT2D eigenvalue weighted by molar-refractivity contribution is 6.42. The molecule has 0 aromatic heterocycles. The van der Waals surface area contributed by atoms with Crippen molar-refractivity contribution in [2.45, 2.75) is 12.3 Å². The number of hydrogen-bond donors (Lipinski definition) is 0. The molecule has 7 aromatic carbocycles. The van der Waals surface area contributed by atoms with Crippen LogP contribution in [-0.4, -0.2) is 0 Å². The Morgan fingerprint density at radius 2 is 1.10 bits per heavy atom. The fraction of sp³-hybridized carbons (Fsp3) is 0.0526. The molecular formula is C38H20Cl2. The summed E-state index contributed by atoms with van der Waals surface area (Å²) in [5.41, 5.74) is 12.0.